The van der Waals surface area contributed by atoms with Gasteiger partial charge < -0.3 is 9.30 Å². The van der Waals surface area contributed by atoms with Gasteiger partial charge in [0.2, 0.25) is 0 Å². The van der Waals surface area contributed by atoms with Gasteiger partial charge in [0.05, 0.1) is 29.8 Å². The standard InChI is InChI=1S/C28H19F5N2O3S/c1-38-26(36)10-5-16-3-2-4-17(11-16)24-8-9-25(39-24)23-13-21(28(31,32)33)20(14-34)27(37)35(23)15-18-6-7-19(29)12-22(18)30/h2-4,6-9,11-13H,5,10,15H2,1H3. The van der Waals surface area contributed by atoms with Crippen molar-refractivity contribution >= 4 is 17.3 Å². The molecule has 0 unspecified atom stereocenters. The number of nitriles is 1. The Hall–Kier alpha value is -4.30. The predicted octanol–water partition coefficient (Wildman–Crippen LogP) is 6.57. The van der Waals surface area contributed by atoms with Gasteiger partial charge in [0.15, 0.2) is 0 Å². The lowest BCUT2D eigenvalue weighted by atomic mass is 10.1. The number of thiophene rings is 1. The number of hydrogen-bond acceptors (Lipinski definition) is 5. The molecule has 200 valence electrons. The van der Waals surface area contributed by atoms with Crippen LogP contribution in [-0.2, 0) is 28.7 Å². The summed E-state index contributed by atoms with van der Waals surface area (Å²) in [6.45, 7) is -0.524. The van der Waals surface area contributed by atoms with Gasteiger partial charge in [-0.1, -0.05) is 30.3 Å². The normalized spacial score (nSPS) is 11.3. The molecule has 5 nitrogen and oxygen atoms in total. The zero-order valence-electron chi connectivity index (χ0n) is 20.3. The Bertz CT molecular complexity index is 1650. The van der Waals surface area contributed by atoms with Crippen molar-refractivity contribution in [1.82, 2.24) is 4.57 Å². The van der Waals surface area contributed by atoms with E-state index in [9.17, 15) is 36.8 Å². The van der Waals surface area contributed by atoms with E-state index in [0.717, 1.165) is 39.2 Å². The van der Waals surface area contributed by atoms with Crippen molar-refractivity contribution in [3.8, 4) is 27.1 Å². The van der Waals surface area contributed by atoms with E-state index in [0.29, 0.717) is 23.4 Å². The van der Waals surface area contributed by atoms with Gasteiger partial charge >= 0.3 is 12.1 Å². The first kappa shape index (κ1) is 27.7. The zero-order chi connectivity index (χ0) is 28.3. The fourth-order valence-electron chi connectivity index (χ4n) is 4.02. The summed E-state index contributed by atoms with van der Waals surface area (Å²) in [5.41, 5.74) is -2.51. The second-order valence-corrected chi connectivity index (χ2v) is 9.58. The van der Waals surface area contributed by atoms with Gasteiger partial charge in [0.1, 0.15) is 23.3 Å². The third-order valence-electron chi connectivity index (χ3n) is 5.98. The lowest BCUT2D eigenvalue weighted by Gasteiger charge is -2.17. The molecule has 2 aromatic heterocycles. The Labute approximate surface area is 223 Å². The van der Waals surface area contributed by atoms with Crippen LogP contribution in [0.2, 0.25) is 0 Å². The molecule has 0 aliphatic heterocycles. The van der Waals surface area contributed by atoms with Crippen molar-refractivity contribution in [2.45, 2.75) is 25.6 Å². The number of alkyl halides is 3. The van der Waals surface area contributed by atoms with Crippen LogP contribution in [0, 0.1) is 23.0 Å². The molecule has 4 rings (SSSR count). The molecule has 0 N–H and O–H groups in total. The molecule has 4 aromatic rings. The van der Waals surface area contributed by atoms with Crippen LogP contribution in [0.15, 0.2) is 65.5 Å². The van der Waals surface area contributed by atoms with Crippen molar-refractivity contribution in [2.24, 2.45) is 0 Å². The van der Waals surface area contributed by atoms with Gasteiger partial charge in [-0.2, -0.15) is 18.4 Å². The number of ether oxygens (including phenoxy) is 1. The predicted molar refractivity (Wildman–Crippen MR) is 135 cm³/mol. The number of esters is 1. The molecule has 2 aromatic carbocycles. The van der Waals surface area contributed by atoms with E-state index in [1.807, 2.05) is 12.1 Å². The van der Waals surface area contributed by atoms with Gasteiger partial charge in [-0.25, -0.2) is 8.78 Å². The summed E-state index contributed by atoms with van der Waals surface area (Å²) in [6.07, 6.45) is -4.40. The molecular formula is C28H19F5N2O3S. The fourth-order valence-corrected chi connectivity index (χ4v) is 5.05. The van der Waals surface area contributed by atoms with Crippen molar-refractivity contribution in [3.63, 3.8) is 0 Å². The third kappa shape index (κ3) is 6.07. The van der Waals surface area contributed by atoms with Crippen LogP contribution in [0.1, 0.15) is 28.7 Å². The average Bonchev–Trinajstić information content (AvgIpc) is 3.39. The molecule has 0 saturated carbocycles. The number of benzene rings is 2. The quantitative estimate of drug-likeness (QED) is 0.190. The average molecular weight is 559 g/mol. The van der Waals surface area contributed by atoms with Crippen LogP contribution in [0.5, 0.6) is 0 Å². The highest BCUT2D eigenvalue weighted by Gasteiger charge is 2.36. The molecular weight excluding hydrogens is 539 g/mol. The number of pyridine rings is 1. The van der Waals surface area contributed by atoms with E-state index in [-0.39, 0.29) is 28.5 Å². The number of methoxy groups -OCH3 is 1. The second kappa shape index (κ2) is 11.2. The topological polar surface area (TPSA) is 72.1 Å². The van der Waals surface area contributed by atoms with Gasteiger partial charge in [0.25, 0.3) is 5.56 Å². The molecule has 11 heteroatoms. The highest BCUT2D eigenvalue weighted by Crippen LogP contribution is 2.38. The molecule has 0 atom stereocenters. The second-order valence-electron chi connectivity index (χ2n) is 8.50. The summed E-state index contributed by atoms with van der Waals surface area (Å²) < 4.78 is 74.8. The highest BCUT2D eigenvalue weighted by atomic mass is 32.1. The molecule has 0 bridgehead atoms. The smallest absolute Gasteiger partial charge is 0.417 e. The van der Waals surface area contributed by atoms with Crippen LogP contribution in [0.3, 0.4) is 0 Å². The molecule has 0 aliphatic rings. The summed E-state index contributed by atoms with van der Waals surface area (Å²) in [6, 6.07) is 15.1. The Kier molecular flexibility index (Phi) is 7.97. The number of aromatic nitrogens is 1. The molecule has 0 fully saturated rings. The number of rotatable bonds is 7. The number of nitrogens with zero attached hydrogens (tertiary/aromatic N) is 2. The minimum atomic E-state index is -4.99. The van der Waals surface area contributed by atoms with E-state index < -0.39 is 41.0 Å². The van der Waals surface area contributed by atoms with Gasteiger partial charge in [-0.15, -0.1) is 11.3 Å². The summed E-state index contributed by atoms with van der Waals surface area (Å²) in [4.78, 5) is 25.5. The van der Waals surface area contributed by atoms with Gasteiger partial charge in [-0.3, -0.25) is 9.59 Å². The molecule has 0 amide bonds. The first-order valence-electron chi connectivity index (χ1n) is 11.5. The summed E-state index contributed by atoms with van der Waals surface area (Å²) in [7, 11) is 1.29. The largest absolute Gasteiger partial charge is 0.469 e. The molecule has 0 radical (unpaired) electrons. The Morgan fingerprint density at radius 1 is 1.05 bits per heavy atom. The lowest BCUT2D eigenvalue weighted by molar-refractivity contribution is -0.140. The minimum absolute atomic E-state index is 0.140. The van der Waals surface area contributed by atoms with Crippen molar-refractivity contribution in [3.05, 3.63) is 105 Å². The maximum absolute atomic E-state index is 14.4. The third-order valence-corrected chi connectivity index (χ3v) is 7.13. The first-order valence-corrected chi connectivity index (χ1v) is 12.3. The van der Waals surface area contributed by atoms with Gasteiger partial charge in [-0.05, 0) is 41.8 Å². The summed E-state index contributed by atoms with van der Waals surface area (Å²) >= 11 is 1.09. The van der Waals surface area contributed by atoms with E-state index >= 15 is 0 Å². The molecule has 0 saturated heterocycles. The Morgan fingerprint density at radius 2 is 1.79 bits per heavy atom. The zero-order valence-corrected chi connectivity index (χ0v) is 21.1. The maximum Gasteiger partial charge on any atom is 0.417 e. The molecule has 0 aliphatic carbocycles. The lowest BCUT2D eigenvalue weighted by Crippen LogP contribution is -2.28. The number of carbonyl (C=O) groups is 1. The maximum atomic E-state index is 14.4. The molecule has 2 heterocycles. The van der Waals surface area contributed by atoms with Crippen molar-refractivity contribution in [2.75, 3.05) is 7.11 Å². The monoisotopic (exact) mass is 558 g/mol. The van der Waals surface area contributed by atoms with E-state index in [4.69, 9.17) is 0 Å². The van der Waals surface area contributed by atoms with Crippen molar-refractivity contribution < 1.29 is 31.5 Å². The number of aryl methyl sites for hydroxylation is 1. The van der Waals surface area contributed by atoms with E-state index in [2.05, 4.69) is 4.74 Å². The van der Waals surface area contributed by atoms with Gasteiger partial charge in [0, 0.05) is 22.9 Å². The number of halogens is 5. The van der Waals surface area contributed by atoms with Crippen LogP contribution >= 0.6 is 11.3 Å². The minimum Gasteiger partial charge on any atom is -0.469 e. The number of carbonyl (C=O) groups excluding carboxylic acids is 1. The summed E-state index contributed by atoms with van der Waals surface area (Å²) in [5, 5.41) is 9.36. The fraction of sp³-hybridized carbons (Fsp3) is 0.179. The Balaban J connectivity index is 1.82. The first-order chi connectivity index (χ1) is 18.5. The van der Waals surface area contributed by atoms with E-state index in [1.165, 1.54) is 19.2 Å². The van der Waals surface area contributed by atoms with E-state index in [1.54, 1.807) is 18.2 Å². The van der Waals surface area contributed by atoms with Crippen LogP contribution in [-0.4, -0.2) is 17.6 Å². The van der Waals surface area contributed by atoms with Crippen LogP contribution < -0.4 is 5.56 Å². The number of hydrogen-bond donors (Lipinski definition) is 0. The molecule has 0 spiro atoms. The Morgan fingerprint density at radius 3 is 2.46 bits per heavy atom. The highest BCUT2D eigenvalue weighted by molar-refractivity contribution is 7.18. The SMILES string of the molecule is COC(=O)CCc1cccc(-c2ccc(-c3cc(C(F)(F)F)c(C#N)c(=O)n3Cc3ccc(F)cc3F)s2)c1. The van der Waals surface area contributed by atoms with Crippen LogP contribution in [0.25, 0.3) is 21.0 Å². The summed E-state index contributed by atoms with van der Waals surface area (Å²) in [5.74, 6) is -2.21. The van der Waals surface area contributed by atoms with Crippen LogP contribution in [0.4, 0.5) is 22.0 Å². The van der Waals surface area contributed by atoms with Crippen molar-refractivity contribution in [1.29, 1.82) is 5.26 Å². The molecule has 39 heavy (non-hydrogen) atoms.